The number of primary amides is 1. The molecule has 0 aliphatic carbocycles. The van der Waals surface area contributed by atoms with E-state index in [1.54, 1.807) is 0 Å². The summed E-state index contributed by atoms with van der Waals surface area (Å²) in [5, 5.41) is 2.86. The normalized spacial score (nSPS) is 23.4. The first-order chi connectivity index (χ1) is 8.44. The van der Waals surface area contributed by atoms with Gasteiger partial charge in [0.1, 0.15) is 5.54 Å². The van der Waals surface area contributed by atoms with Gasteiger partial charge in [0.05, 0.1) is 12.5 Å². The lowest BCUT2D eigenvalue weighted by molar-refractivity contribution is -0.138. The Morgan fingerprint density at radius 3 is 2.56 bits per heavy atom. The fourth-order valence-electron chi connectivity index (χ4n) is 2.43. The Balaban J connectivity index is 2.76. The van der Waals surface area contributed by atoms with E-state index < -0.39 is 11.4 Å². The molecule has 0 aromatic carbocycles. The highest BCUT2D eigenvalue weighted by Gasteiger charge is 2.41. The molecule has 1 aliphatic rings. The molecule has 0 aromatic rings. The van der Waals surface area contributed by atoms with E-state index in [1.165, 1.54) is 0 Å². The standard InChI is InChI=1S/C13H24N2O3/c1-4-13(9(2)3,12(14)17)15-11(16)10-6-5-7-18-8-10/h9-10H,4-8H2,1-3H3,(H2,14,17)(H,15,16)/t10-,13+/m0/s1. The summed E-state index contributed by atoms with van der Waals surface area (Å²) in [6.45, 7) is 6.80. The number of carbonyl (C=O) groups excluding carboxylic acids is 2. The van der Waals surface area contributed by atoms with Crippen molar-refractivity contribution in [3.63, 3.8) is 0 Å². The van der Waals surface area contributed by atoms with Gasteiger partial charge in [-0.25, -0.2) is 0 Å². The van der Waals surface area contributed by atoms with E-state index in [-0.39, 0.29) is 17.7 Å². The van der Waals surface area contributed by atoms with E-state index in [0.717, 1.165) is 12.8 Å². The minimum atomic E-state index is -0.950. The number of hydrogen-bond donors (Lipinski definition) is 2. The summed E-state index contributed by atoms with van der Waals surface area (Å²) in [5.74, 6) is -0.787. The lowest BCUT2D eigenvalue weighted by Gasteiger charge is -2.36. The van der Waals surface area contributed by atoms with Crippen LogP contribution in [0.25, 0.3) is 0 Å². The molecular formula is C13H24N2O3. The number of ether oxygens (including phenoxy) is 1. The Morgan fingerprint density at radius 2 is 2.17 bits per heavy atom. The van der Waals surface area contributed by atoms with Crippen LogP contribution in [0.15, 0.2) is 0 Å². The van der Waals surface area contributed by atoms with Crippen molar-refractivity contribution in [3.05, 3.63) is 0 Å². The van der Waals surface area contributed by atoms with Crippen LogP contribution < -0.4 is 11.1 Å². The molecule has 0 radical (unpaired) electrons. The molecule has 3 N–H and O–H groups in total. The summed E-state index contributed by atoms with van der Waals surface area (Å²) in [7, 11) is 0. The SMILES string of the molecule is CC[C@](NC(=O)[C@H]1CCCOC1)(C(N)=O)C(C)C. The molecule has 5 heteroatoms. The summed E-state index contributed by atoms with van der Waals surface area (Å²) in [5.41, 5.74) is 4.53. The second-order valence-electron chi connectivity index (χ2n) is 5.25. The Bertz CT molecular complexity index is 311. The minimum absolute atomic E-state index is 0.0338. The first-order valence-electron chi connectivity index (χ1n) is 6.63. The van der Waals surface area contributed by atoms with Gasteiger partial charge in [0, 0.05) is 6.61 Å². The predicted molar refractivity (Wildman–Crippen MR) is 68.7 cm³/mol. The molecule has 18 heavy (non-hydrogen) atoms. The smallest absolute Gasteiger partial charge is 0.243 e. The van der Waals surface area contributed by atoms with Crippen LogP contribution in [0.1, 0.15) is 40.0 Å². The maximum absolute atomic E-state index is 12.2. The van der Waals surface area contributed by atoms with E-state index in [4.69, 9.17) is 10.5 Å². The number of hydrogen-bond acceptors (Lipinski definition) is 3. The molecule has 1 aliphatic heterocycles. The molecule has 1 heterocycles. The van der Waals surface area contributed by atoms with Gasteiger partial charge in [0.2, 0.25) is 11.8 Å². The molecule has 5 nitrogen and oxygen atoms in total. The van der Waals surface area contributed by atoms with Gasteiger partial charge in [-0.15, -0.1) is 0 Å². The Labute approximate surface area is 108 Å². The fraction of sp³-hybridized carbons (Fsp3) is 0.846. The lowest BCUT2D eigenvalue weighted by Crippen LogP contribution is -2.61. The maximum atomic E-state index is 12.2. The highest BCUT2D eigenvalue weighted by atomic mass is 16.5. The number of amides is 2. The van der Waals surface area contributed by atoms with Gasteiger partial charge in [0.15, 0.2) is 0 Å². The molecule has 2 amide bonds. The van der Waals surface area contributed by atoms with Gasteiger partial charge in [-0.3, -0.25) is 9.59 Å². The van der Waals surface area contributed by atoms with E-state index in [9.17, 15) is 9.59 Å². The molecule has 0 aromatic heterocycles. The molecule has 0 saturated carbocycles. The molecule has 1 rings (SSSR count). The average Bonchev–Trinajstić information content (AvgIpc) is 2.36. The van der Waals surface area contributed by atoms with Crippen LogP contribution in [0.2, 0.25) is 0 Å². The van der Waals surface area contributed by atoms with Gasteiger partial charge in [-0.2, -0.15) is 0 Å². The van der Waals surface area contributed by atoms with Gasteiger partial charge < -0.3 is 15.8 Å². The van der Waals surface area contributed by atoms with Crippen molar-refractivity contribution in [2.75, 3.05) is 13.2 Å². The molecule has 0 spiro atoms. The summed E-state index contributed by atoms with van der Waals surface area (Å²) < 4.78 is 5.30. The van der Waals surface area contributed by atoms with Crippen LogP contribution in [0.3, 0.4) is 0 Å². The summed E-state index contributed by atoms with van der Waals surface area (Å²) in [4.78, 5) is 23.9. The zero-order valence-corrected chi connectivity index (χ0v) is 11.5. The highest BCUT2D eigenvalue weighted by Crippen LogP contribution is 2.23. The number of nitrogens with two attached hydrogens (primary N) is 1. The molecule has 0 bridgehead atoms. The van der Waals surface area contributed by atoms with Gasteiger partial charge in [-0.1, -0.05) is 20.8 Å². The summed E-state index contributed by atoms with van der Waals surface area (Å²) in [6, 6.07) is 0. The average molecular weight is 256 g/mol. The van der Waals surface area contributed by atoms with Crippen molar-refractivity contribution < 1.29 is 14.3 Å². The lowest BCUT2D eigenvalue weighted by atomic mass is 9.82. The van der Waals surface area contributed by atoms with Gasteiger partial charge in [0.25, 0.3) is 0 Å². The Kier molecular flexibility index (Phi) is 5.14. The van der Waals surface area contributed by atoms with Crippen molar-refractivity contribution in [1.29, 1.82) is 0 Å². The molecule has 1 fully saturated rings. The topological polar surface area (TPSA) is 81.4 Å². The van der Waals surface area contributed by atoms with Crippen LogP contribution in [-0.2, 0) is 14.3 Å². The third-order valence-corrected chi connectivity index (χ3v) is 3.86. The molecule has 1 saturated heterocycles. The molecule has 0 unspecified atom stereocenters. The predicted octanol–water partition coefficient (Wildman–Crippen LogP) is 0.819. The second kappa shape index (κ2) is 6.18. The van der Waals surface area contributed by atoms with Crippen LogP contribution in [0.4, 0.5) is 0 Å². The Hall–Kier alpha value is -1.10. The minimum Gasteiger partial charge on any atom is -0.381 e. The molecule has 104 valence electrons. The van der Waals surface area contributed by atoms with E-state index >= 15 is 0 Å². The first kappa shape index (κ1) is 15.0. The third-order valence-electron chi connectivity index (χ3n) is 3.86. The fourth-order valence-corrected chi connectivity index (χ4v) is 2.43. The van der Waals surface area contributed by atoms with Crippen molar-refractivity contribution in [1.82, 2.24) is 5.32 Å². The zero-order chi connectivity index (χ0) is 13.8. The molecular weight excluding hydrogens is 232 g/mol. The van der Waals surface area contributed by atoms with Gasteiger partial charge in [-0.05, 0) is 25.2 Å². The zero-order valence-electron chi connectivity index (χ0n) is 11.5. The van der Waals surface area contributed by atoms with Crippen LogP contribution in [-0.4, -0.2) is 30.6 Å². The highest BCUT2D eigenvalue weighted by molar-refractivity contribution is 5.91. The largest absolute Gasteiger partial charge is 0.381 e. The maximum Gasteiger partial charge on any atom is 0.243 e. The first-order valence-corrected chi connectivity index (χ1v) is 6.63. The number of carbonyl (C=O) groups is 2. The monoisotopic (exact) mass is 256 g/mol. The van der Waals surface area contributed by atoms with Crippen molar-refractivity contribution in [3.8, 4) is 0 Å². The third kappa shape index (κ3) is 3.02. The van der Waals surface area contributed by atoms with Crippen molar-refractivity contribution in [2.45, 2.75) is 45.6 Å². The van der Waals surface area contributed by atoms with Crippen molar-refractivity contribution >= 4 is 11.8 Å². The van der Waals surface area contributed by atoms with Crippen LogP contribution in [0, 0.1) is 11.8 Å². The van der Waals surface area contributed by atoms with Crippen molar-refractivity contribution in [2.24, 2.45) is 17.6 Å². The molecule has 2 atom stereocenters. The summed E-state index contributed by atoms with van der Waals surface area (Å²) in [6.07, 6.45) is 2.19. The Morgan fingerprint density at radius 1 is 1.50 bits per heavy atom. The van der Waals surface area contributed by atoms with E-state index in [2.05, 4.69) is 5.32 Å². The quantitative estimate of drug-likeness (QED) is 0.764. The van der Waals surface area contributed by atoms with Crippen LogP contribution in [0.5, 0.6) is 0 Å². The van der Waals surface area contributed by atoms with E-state index in [1.807, 2.05) is 20.8 Å². The van der Waals surface area contributed by atoms with Crippen LogP contribution >= 0.6 is 0 Å². The van der Waals surface area contributed by atoms with Gasteiger partial charge >= 0.3 is 0 Å². The number of nitrogens with one attached hydrogen (secondary N) is 1. The second-order valence-corrected chi connectivity index (χ2v) is 5.25. The number of rotatable bonds is 5. The van der Waals surface area contributed by atoms with E-state index in [0.29, 0.717) is 19.6 Å². The summed E-state index contributed by atoms with van der Waals surface area (Å²) >= 11 is 0.